The largest absolute Gasteiger partial charge is 0.342 e. The summed E-state index contributed by atoms with van der Waals surface area (Å²) in [6, 6.07) is 0. The first-order valence-corrected chi connectivity index (χ1v) is 8.59. The fourth-order valence-electron chi connectivity index (χ4n) is 1.64. The third-order valence-electron chi connectivity index (χ3n) is 2.59. The van der Waals surface area contributed by atoms with Gasteiger partial charge in [0.15, 0.2) is 0 Å². The molecule has 0 radical (unpaired) electrons. The van der Waals surface area contributed by atoms with Crippen molar-refractivity contribution in [2.45, 2.75) is 25.0 Å². The summed E-state index contributed by atoms with van der Waals surface area (Å²) < 4.78 is 21.9. The predicted octanol–water partition coefficient (Wildman–Crippen LogP) is 0.775. The summed E-state index contributed by atoms with van der Waals surface area (Å²) in [4.78, 5) is 13.7. The summed E-state index contributed by atoms with van der Waals surface area (Å²) in [6.45, 7) is 3.57. The Labute approximate surface area is 102 Å². The van der Waals surface area contributed by atoms with Crippen molar-refractivity contribution in [1.82, 2.24) is 4.90 Å². The zero-order chi connectivity index (χ0) is 12.2. The third kappa shape index (κ3) is 4.74. The number of rotatable bonds is 5. The molecule has 94 valence electrons. The molecular weight excluding hydrogens is 246 g/mol. The quantitative estimate of drug-likeness (QED) is 0.737. The summed E-state index contributed by atoms with van der Waals surface area (Å²) in [7, 11) is -2.91. The molecule has 1 heterocycles. The molecule has 0 aromatic carbocycles. The summed E-state index contributed by atoms with van der Waals surface area (Å²) in [5.74, 6) is 0.797. The summed E-state index contributed by atoms with van der Waals surface area (Å²) in [5, 5.41) is -0.125. The van der Waals surface area contributed by atoms with Gasteiger partial charge in [0, 0.05) is 25.1 Å². The van der Waals surface area contributed by atoms with Crippen molar-refractivity contribution in [2.75, 3.05) is 30.9 Å². The predicted molar refractivity (Wildman–Crippen MR) is 67.4 cm³/mol. The molecule has 0 aromatic rings. The highest BCUT2D eigenvalue weighted by Crippen LogP contribution is 2.17. The lowest BCUT2D eigenvalue weighted by atomic mass is 10.4. The average molecular weight is 265 g/mol. The minimum Gasteiger partial charge on any atom is -0.342 e. The molecule has 6 heteroatoms. The molecule has 1 aliphatic heterocycles. The number of nitrogens with zero attached hydrogens (tertiary/aromatic N) is 1. The van der Waals surface area contributed by atoms with Gasteiger partial charge in [-0.3, -0.25) is 4.79 Å². The SMILES string of the molecule is C[C@H](SCCS(C)(=O)=O)C(=O)N1CCCC1. The highest BCUT2D eigenvalue weighted by molar-refractivity contribution is 8.01. The molecule has 1 amide bonds. The topological polar surface area (TPSA) is 54.5 Å². The number of hydrogen-bond donors (Lipinski definition) is 0. The molecule has 0 bridgehead atoms. The fourth-order valence-corrected chi connectivity index (χ4v) is 3.88. The maximum Gasteiger partial charge on any atom is 0.235 e. The molecule has 0 spiro atoms. The van der Waals surface area contributed by atoms with E-state index < -0.39 is 9.84 Å². The molecule has 0 saturated carbocycles. The maximum absolute atomic E-state index is 11.9. The zero-order valence-electron chi connectivity index (χ0n) is 9.81. The minimum atomic E-state index is -2.91. The summed E-state index contributed by atoms with van der Waals surface area (Å²) in [5.41, 5.74) is 0. The zero-order valence-corrected chi connectivity index (χ0v) is 11.4. The molecule has 1 fully saturated rings. The van der Waals surface area contributed by atoms with Gasteiger partial charge in [-0.15, -0.1) is 11.8 Å². The Bertz CT molecular complexity index is 334. The first kappa shape index (κ1) is 13.8. The molecule has 1 atom stereocenters. The molecular formula is C10H19NO3S2. The van der Waals surface area contributed by atoms with Crippen LogP contribution in [0.25, 0.3) is 0 Å². The van der Waals surface area contributed by atoms with Crippen LogP contribution >= 0.6 is 11.8 Å². The van der Waals surface area contributed by atoms with E-state index >= 15 is 0 Å². The maximum atomic E-state index is 11.9. The number of carbonyl (C=O) groups is 1. The Balaban J connectivity index is 2.28. The molecule has 0 aliphatic carbocycles. The lowest BCUT2D eigenvalue weighted by molar-refractivity contribution is -0.129. The van der Waals surface area contributed by atoms with E-state index in [4.69, 9.17) is 0 Å². The second kappa shape index (κ2) is 5.91. The molecule has 0 unspecified atom stereocenters. The number of hydrogen-bond acceptors (Lipinski definition) is 4. The van der Waals surface area contributed by atoms with E-state index in [1.54, 1.807) is 0 Å². The second-order valence-corrected chi connectivity index (χ2v) is 7.88. The molecule has 1 rings (SSSR count). The first-order valence-electron chi connectivity index (χ1n) is 5.48. The monoisotopic (exact) mass is 265 g/mol. The van der Waals surface area contributed by atoms with Crippen molar-refractivity contribution < 1.29 is 13.2 Å². The van der Waals surface area contributed by atoms with Crippen LogP contribution in [-0.4, -0.2) is 55.3 Å². The van der Waals surface area contributed by atoms with E-state index in [-0.39, 0.29) is 16.9 Å². The van der Waals surface area contributed by atoms with Crippen molar-refractivity contribution in [3.63, 3.8) is 0 Å². The van der Waals surface area contributed by atoms with E-state index in [9.17, 15) is 13.2 Å². The van der Waals surface area contributed by atoms with Crippen molar-refractivity contribution in [3.8, 4) is 0 Å². The fraction of sp³-hybridized carbons (Fsp3) is 0.900. The molecule has 0 aromatic heterocycles. The van der Waals surface area contributed by atoms with Crippen LogP contribution in [0.4, 0.5) is 0 Å². The van der Waals surface area contributed by atoms with Crippen molar-refractivity contribution in [1.29, 1.82) is 0 Å². The normalized spacial score (nSPS) is 18.8. The Morgan fingerprint density at radius 1 is 1.38 bits per heavy atom. The Morgan fingerprint density at radius 2 is 1.94 bits per heavy atom. The molecule has 4 nitrogen and oxygen atoms in total. The summed E-state index contributed by atoms with van der Waals surface area (Å²) >= 11 is 1.43. The van der Waals surface area contributed by atoms with Gasteiger partial charge in [-0.05, 0) is 19.8 Å². The average Bonchev–Trinajstić information content (AvgIpc) is 2.67. The number of amides is 1. The van der Waals surface area contributed by atoms with Gasteiger partial charge in [0.2, 0.25) is 5.91 Å². The smallest absolute Gasteiger partial charge is 0.235 e. The van der Waals surface area contributed by atoms with Crippen LogP contribution in [0.5, 0.6) is 0 Å². The minimum absolute atomic E-state index is 0.125. The lowest BCUT2D eigenvalue weighted by Crippen LogP contribution is -2.34. The molecule has 16 heavy (non-hydrogen) atoms. The Hall–Kier alpha value is -0.230. The Kier molecular flexibility index (Phi) is 5.11. The number of carbonyl (C=O) groups excluding carboxylic acids is 1. The van der Waals surface area contributed by atoms with Crippen LogP contribution in [0.2, 0.25) is 0 Å². The standard InChI is InChI=1S/C10H19NO3S2/c1-9(15-7-8-16(2,13)14)10(12)11-5-3-4-6-11/h9H,3-8H2,1-2H3/t9-/m0/s1. The van der Waals surface area contributed by atoms with Crippen LogP contribution in [0, 0.1) is 0 Å². The van der Waals surface area contributed by atoms with Gasteiger partial charge in [0.1, 0.15) is 9.84 Å². The van der Waals surface area contributed by atoms with Gasteiger partial charge >= 0.3 is 0 Å². The van der Waals surface area contributed by atoms with Gasteiger partial charge < -0.3 is 4.90 Å². The Morgan fingerprint density at radius 3 is 2.44 bits per heavy atom. The van der Waals surface area contributed by atoms with E-state index in [0.29, 0.717) is 5.75 Å². The van der Waals surface area contributed by atoms with Crippen molar-refractivity contribution in [2.24, 2.45) is 0 Å². The molecule has 1 saturated heterocycles. The second-order valence-electron chi connectivity index (χ2n) is 4.18. The number of sulfone groups is 1. The van der Waals surface area contributed by atoms with Crippen molar-refractivity contribution in [3.05, 3.63) is 0 Å². The van der Waals surface area contributed by atoms with Gasteiger partial charge in [0.25, 0.3) is 0 Å². The van der Waals surface area contributed by atoms with Crippen LogP contribution in [0.1, 0.15) is 19.8 Å². The van der Waals surface area contributed by atoms with Crippen LogP contribution < -0.4 is 0 Å². The lowest BCUT2D eigenvalue weighted by Gasteiger charge is -2.19. The number of thioether (sulfide) groups is 1. The molecule has 1 aliphatic rings. The van der Waals surface area contributed by atoms with Crippen LogP contribution in [0.15, 0.2) is 0 Å². The van der Waals surface area contributed by atoms with Crippen LogP contribution in [0.3, 0.4) is 0 Å². The van der Waals surface area contributed by atoms with E-state index in [1.165, 1.54) is 18.0 Å². The van der Waals surface area contributed by atoms with E-state index in [2.05, 4.69) is 0 Å². The third-order valence-corrected chi connectivity index (χ3v) is 4.93. The molecule has 0 N–H and O–H groups in total. The van der Waals surface area contributed by atoms with Gasteiger partial charge in [-0.25, -0.2) is 8.42 Å². The van der Waals surface area contributed by atoms with E-state index in [1.807, 2.05) is 11.8 Å². The van der Waals surface area contributed by atoms with Crippen LogP contribution in [-0.2, 0) is 14.6 Å². The van der Waals surface area contributed by atoms with Gasteiger partial charge in [-0.1, -0.05) is 0 Å². The van der Waals surface area contributed by atoms with Gasteiger partial charge in [-0.2, -0.15) is 0 Å². The number of likely N-dealkylation sites (tertiary alicyclic amines) is 1. The first-order chi connectivity index (χ1) is 7.40. The highest BCUT2D eigenvalue weighted by atomic mass is 32.2. The summed E-state index contributed by atoms with van der Waals surface area (Å²) in [6.07, 6.45) is 3.40. The van der Waals surface area contributed by atoms with Gasteiger partial charge in [0.05, 0.1) is 11.0 Å². The van der Waals surface area contributed by atoms with Crippen molar-refractivity contribution >= 4 is 27.5 Å². The van der Waals surface area contributed by atoms with E-state index in [0.717, 1.165) is 25.9 Å². The highest BCUT2D eigenvalue weighted by Gasteiger charge is 2.23.